The van der Waals surface area contributed by atoms with Gasteiger partial charge in [-0.05, 0) is 36.6 Å². The fourth-order valence-corrected chi connectivity index (χ4v) is 3.26. The molecule has 1 N–H and O–H groups in total. The maximum absolute atomic E-state index is 12.4. The Morgan fingerprint density at radius 2 is 1.88 bits per heavy atom. The highest BCUT2D eigenvalue weighted by molar-refractivity contribution is 9.10. The molecule has 1 saturated carbocycles. The number of benzene rings is 2. The van der Waals surface area contributed by atoms with E-state index in [0.29, 0.717) is 10.7 Å². The van der Waals surface area contributed by atoms with Crippen LogP contribution in [0.3, 0.4) is 0 Å². The third-order valence-corrected chi connectivity index (χ3v) is 4.81. The topological polar surface area (TPSA) is 55.4 Å². The molecule has 2 aromatic rings. The van der Waals surface area contributed by atoms with E-state index in [1.165, 1.54) is 0 Å². The van der Waals surface area contributed by atoms with Gasteiger partial charge in [-0.2, -0.15) is 0 Å². The fraction of sp³-hybridized carbons (Fsp3) is 0.222. The van der Waals surface area contributed by atoms with Gasteiger partial charge in [0.05, 0.1) is 16.1 Å². The molecule has 1 amide bonds. The summed E-state index contributed by atoms with van der Waals surface area (Å²) in [6.45, 7) is -0.334. The van der Waals surface area contributed by atoms with E-state index >= 15 is 0 Å². The molecule has 0 saturated heterocycles. The van der Waals surface area contributed by atoms with Crippen molar-refractivity contribution < 1.29 is 14.3 Å². The average Bonchev–Trinajstić information content (AvgIpc) is 3.38. The molecule has 0 atom stereocenters. The second kappa shape index (κ2) is 6.95. The third-order valence-electron chi connectivity index (χ3n) is 4.01. The monoisotopic (exact) mass is 407 g/mol. The Hall–Kier alpha value is -1.85. The van der Waals surface area contributed by atoms with Crippen molar-refractivity contribution in [2.75, 3.05) is 11.9 Å². The molecule has 0 aromatic heterocycles. The largest absolute Gasteiger partial charge is 0.455 e. The minimum atomic E-state index is -0.587. The van der Waals surface area contributed by atoms with Gasteiger partial charge < -0.3 is 10.1 Å². The van der Waals surface area contributed by atoms with Crippen molar-refractivity contribution >= 4 is 45.1 Å². The van der Waals surface area contributed by atoms with Gasteiger partial charge in [-0.3, -0.25) is 9.59 Å². The molecule has 2 aromatic carbocycles. The Balaban J connectivity index is 1.58. The average molecular weight is 409 g/mol. The summed E-state index contributed by atoms with van der Waals surface area (Å²) in [6, 6.07) is 14.6. The van der Waals surface area contributed by atoms with Crippen molar-refractivity contribution in [3.05, 3.63) is 63.6 Å². The normalized spacial score (nSPS) is 14.8. The number of hydrogen-bond acceptors (Lipinski definition) is 3. The first-order chi connectivity index (χ1) is 11.5. The predicted octanol–water partition coefficient (Wildman–Crippen LogP) is 4.32. The number of rotatable bonds is 5. The number of nitrogens with one attached hydrogen (secondary N) is 1. The molecule has 0 aliphatic heterocycles. The quantitative estimate of drug-likeness (QED) is 0.750. The van der Waals surface area contributed by atoms with Crippen LogP contribution in [0.15, 0.2) is 53.0 Å². The minimum Gasteiger partial charge on any atom is -0.455 e. The molecule has 4 nitrogen and oxygen atoms in total. The van der Waals surface area contributed by atoms with Crippen LogP contribution in [0.4, 0.5) is 5.69 Å². The number of esters is 1. The van der Waals surface area contributed by atoms with E-state index in [2.05, 4.69) is 21.2 Å². The first-order valence-corrected chi connectivity index (χ1v) is 8.66. The van der Waals surface area contributed by atoms with Crippen LogP contribution in [0.5, 0.6) is 0 Å². The van der Waals surface area contributed by atoms with Crippen LogP contribution in [-0.2, 0) is 19.7 Å². The van der Waals surface area contributed by atoms with E-state index in [9.17, 15) is 9.59 Å². The molecular formula is C18H15BrClNO3. The van der Waals surface area contributed by atoms with Crippen LogP contribution in [0.25, 0.3) is 0 Å². The smallest absolute Gasteiger partial charge is 0.317 e. The molecule has 1 aliphatic carbocycles. The lowest BCUT2D eigenvalue weighted by Gasteiger charge is -2.15. The lowest BCUT2D eigenvalue weighted by atomic mass is 9.96. The maximum atomic E-state index is 12.4. The summed E-state index contributed by atoms with van der Waals surface area (Å²) in [5, 5.41) is 3.04. The Bertz CT molecular complexity index is 775. The van der Waals surface area contributed by atoms with Crippen LogP contribution in [-0.4, -0.2) is 18.5 Å². The summed E-state index contributed by atoms with van der Waals surface area (Å²) in [7, 11) is 0. The molecule has 0 radical (unpaired) electrons. The molecule has 24 heavy (non-hydrogen) atoms. The Kier molecular flexibility index (Phi) is 4.92. The molecule has 0 unspecified atom stereocenters. The Labute approximate surface area is 153 Å². The number of amides is 1. The van der Waals surface area contributed by atoms with E-state index in [1.807, 2.05) is 30.3 Å². The lowest BCUT2D eigenvalue weighted by molar-refractivity contribution is -0.150. The minimum absolute atomic E-state index is 0.334. The van der Waals surface area contributed by atoms with Gasteiger partial charge in [0.15, 0.2) is 6.61 Å². The van der Waals surface area contributed by atoms with Crippen molar-refractivity contribution in [1.29, 1.82) is 0 Å². The van der Waals surface area contributed by atoms with Gasteiger partial charge >= 0.3 is 5.97 Å². The van der Waals surface area contributed by atoms with Gasteiger partial charge in [0.1, 0.15) is 0 Å². The molecule has 0 heterocycles. The SMILES string of the molecule is O=C(COC(=O)C1(c2ccccc2)CC1)Nc1ccc(Br)cc1Cl. The van der Waals surface area contributed by atoms with Crippen molar-refractivity contribution in [2.24, 2.45) is 0 Å². The molecular weight excluding hydrogens is 394 g/mol. The van der Waals surface area contributed by atoms with Gasteiger partial charge in [0.25, 0.3) is 5.91 Å². The summed E-state index contributed by atoms with van der Waals surface area (Å²) in [5.41, 5.74) is 0.827. The van der Waals surface area contributed by atoms with Crippen LogP contribution >= 0.6 is 27.5 Å². The van der Waals surface area contributed by atoms with E-state index in [4.69, 9.17) is 16.3 Å². The zero-order valence-corrected chi connectivity index (χ0v) is 15.1. The molecule has 1 fully saturated rings. The van der Waals surface area contributed by atoms with E-state index in [0.717, 1.165) is 22.9 Å². The number of carbonyl (C=O) groups excluding carboxylic acids is 2. The fourth-order valence-electron chi connectivity index (χ4n) is 2.54. The molecule has 3 rings (SSSR count). The lowest BCUT2D eigenvalue weighted by Crippen LogP contribution is -2.28. The zero-order valence-electron chi connectivity index (χ0n) is 12.7. The van der Waals surface area contributed by atoms with Crippen LogP contribution in [0.1, 0.15) is 18.4 Å². The van der Waals surface area contributed by atoms with E-state index in [1.54, 1.807) is 18.2 Å². The molecule has 0 spiro atoms. The first kappa shape index (κ1) is 17.0. The van der Waals surface area contributed by atoms with Gasteiger partial charge in [-0.25, -0.2) is 0 Å². The number of carbonyl (C=O) groups is 2. The Morgan fingerprint density at radius 3 is 2.50 bits per heavy atom. The van der Waals surface area contributed by atoms with Crippen molar-refractivity contribution in [2.45, 2.75) is 18.3 Å². The number of ether oxygens (including phenoxy) is 1. The van der Waals surface area contributed by atoms with Crippen LogP contribution in [0.2, 0.25) is 5.02 Å². The summed E-state index contributed by atoms with van der Waals surface area (Å²) >= 11 is 9.34. The van der Waals surface area contributed by atoms with Crippen molar-refractivity contribution in [3.8, 4) is 0 Å². The van der Waals surface area contributed by atoms with Crippen molar-refractivity contribution in [3.63, 3.8) is 0 Å². The Morgan fingerprint density at radius 1 is 1.17 bits per heavy atom. The van der Waals surface area contributed by atoms with Gasteiger partial charge in [0.2, 0.25) is 0 Å². The second-order valence-corrected chi connectivity index (χ2v) is 7.02. The predicted molar refractivity (Wildman–Crippen MR) is 96.1 cm³/mol. The number of anilines is 1. The van der Waals surface area contributed by atoms with Gasteiger partial charge in [-0.15, -0.1) is 0 Å². The first-order valence-electron chi connectivity index (χ1n) is 7.49. The summed E-state index contributed by atoms with van der Waals surface area (Å²) in [4.78, 5) is 24.3. The highest BCUT2D eigenvalue weighted by Gasteiger charge is 2.52. The molecule has 0 bridgehead atoms. The van der Waals surface area contributed by atoms with E-state index < -0.39 is 11.3 Å². The highest BCUT2D eigenvalue weighted by Crippen LogP contribution is 2.49. The highest BCUT2D eigenvalue weighted by atomic mass is 79.9. The number of halogens is 2. The molecule has 1 aliphatic rings. The molecule has 124 valence electrons. The molecule has 6 heteroatoms. The maximum Gasteiger partial charge on any atom is 0.317 e. The van der Waals surface area contributed by atoms with Crippen LogP contribution in [0, 0.1) is 0 Å². The summed E-state index contributed by atoms with van der Waals surface area (Å²) < 4.78 is 6.03. The van der Waals surface area contributed by atoms with Gasteiger partial charge in [-0.1, -0.05) is 57.9 Å². The van der Waals surface area contributed by atoms with Crippen molar-refractivity contribution in [1.82, 2.24) is 0 Å². The number of hydrogen-bond donors (Lipinski definition) is 1. The van der Waals surface area contributed by atoms with Crippen LogP contribution < -0.4 is 5.32 Å². The summed E-state index contributed by atoms with van der Waals surface area (Å²) in [5.74, 6) is -0.776. The van der Waals surface area contributed by atoms with Gasteiger partial charge in [0, 0.05) is 4.47 Å². The summed E-state index contributed by atoms with van der Waals surface area (Å²) in [6.07, 6.45) is 1.49. The zero-order chi connectivity index (χ0) is 17.2. The second-order valence-electron chi connectivity index (χ2n) is 5.70. The van der Waals surface area contributed by atoms with E-state index in [-0.39, 0.29) is 12.6 Å². The standard InChI is InChI=1S/C18H15BrClNO3/c19-13-6-7-15(14(20)10-13)21-16(22)11-24-17(23)18(8-9-18)12-4-2-1-3-5-12/h1-7,10H,8-9,11H2,(H,21,22). The third kappa shape index (κ3) is 3.62.